The van der Waals surface area contributed by atoms with E-state index in [-0.39, 0.29) is 0 Å². The summed E-state index contributed by atoms with van der Waals surface area (Å²) in [5, 5.41) is 1.36. The zero-order valence-electron chi connectivity index (χ0n) is 16.0. The van der Waals surface area contributed by atoms with Crippen molar-refractivity contribution >= 4 is 11.3 Å². The summed E-state index contributed by atoms with van der Waals surface area (Å²) in [5.41, 5.74) is 1.32. The van der Waals surface area contributed by atoms with Crippen molar-refractivity contribution in [2.75, 3.05) is 0 Å². The van der Waals surface area contributed by atoms with E-state index in [9.17, 15) is 0 Å². The average Bonchev–Trinajstić information content (AvgIpc) is 2.92. The molecule has 0 bridgehead atoms. The second-order valence-electron chi connectivity index (χ2n) is 6.96. The Bertz CT molecular complexity index is 383. The Labute approximate surface area is 149 Å². The maximum Gasteiger partial charge on any atom is 0.0930 e. The molecule has 0 aliphatic rings. The Morgan fingerprint density at radius 3 is 1.61 bits per heavy atom. The summed E-state index contributed by atoms with van der Waals surface area (Å²) < 4.78 is 0. The average molecular weight is 338 g/mol. The molecule has 0 N–H and O–H groups in total. The molecule has 0 atom stereocenters. The molecule has 0 aliphatic heterocycles. The Morgan fingerprint density at radius 1 is 0.696 bits per heavy atom. The lowest BCUT2D eigenvalue weighted by molar-refractivity contribution is 0.539. The summed E-state index contributed by atoms with van der Waals surface area (Å²) in [7, 11) is 0. The quantitative estimate of drug-likeness (QED) is 0.299. The molecule has 0 unspecified atom stereocenters. The van der Waals surface area contributed by atoms with Crippen LogP contribution < -0.4 is 0 Å². The molecule has 2 heteroatoms. The van der Waals surface area contributed by atoms with Crippen LogP contribution in [0, 0.1) is 6.92 Å². The van der Waals surface area contributed by atoms with Gasteiger partial charge in [0.25, 0.3) is 0 Å². The fourth-order valence-corrected chi connectivity index (χ4v) is 4.28. The van der Waals surface area contributed by atoms with Crippen molar-refractivity contribution in [1.29, 1.82) is 0 Å². The van der Waals surface area contributed by atoms with Crippen LogP contribution >= 0.6 is 11.3 Å². The molecule has 0 saturated heterocycles. The van der Waals surface area contributed by atoms with Crippen molar-refractivity contribution in [3.05, 3.63) is 15.6 Å². The highest BCUT2D eigenvalue weighted by Crippen LogP contribution is 2.20. The third kappa shape index (κ3) is 10.2. The minimum absolute atomic E-state index is 1.08. The molecular formula is C21H39NS. The number of nitrogens with zero attached hydrogens (tertiary/aromatic N) is 1. The maximum absolute atomic E-state index is 4.74. The third-order valence-corrected chi connectivity index (χ3v) is 5.84. The van der Waals surface area contributed by atoms with Crippen LogP contribution in [0.5, 0.6) is 0 Å². The third-order valence-electron chi connectivity index (χ3n) is 4.77. The van der Waals surface area contributed by atoms with E-state index in [2.05, 4.69) is 20.8 Å². The molecule has 134 valence electrons. The standard InChI is InChI=1S/C21H39NS/c1-4-6-7-8-9-10-11-12-13-14-15-16-17-18-21-22-20(5-2)19(3)23-21/h4-18H2,1-3H3. The minimum atomic E-state index is 1.08. The molecule has 1 aromatic rings. The van der Waals surface area contributed by atoms with Gasteiger partial charge in [-0.05, 0) is 26.2 Å². The molecule has 0 radical (unpaired) electrons. The van der Waals surface area contributed by atoms with E-state index in [1.807, 2.05) is 11.3 Å². The van der Waals surface area contributed by atoms with Gasteiger partial charge in [0, 0.05) is 4.88 Å². The predicted octanol–water partition coefficient (Wildman–Crippen LogP) is 7.65. The summed E-state index contributed by atoms with van der Waals surface area (Å²) >= 11 is 1.91. The molecule has 0 aliphatic carbocycles. The number of rotatable bonds is 15. The second-order valence-corrected chi connectivity index (χ2v) is 8.24. The summed E-state index contributed by atoms with van der Waals surface area (Å²) in [6, 6.07) is 0. The van der Waals surface area contributed by atoms with E-state index in [4.69, 9.17) is 4.98 Å². The van der Waals surface area contributed by atoms with Gasteiger partial charge >= 0.3 is 0 Å². The Morgan fingerprint density at radius 2 is 1.17 bits per heavy atom. The SMILES string of the molecule is CCCCCCCCCCCCCCCc1nc(CC)c(C)s1. The molecule has 1 aromatic heterocycles. The largest absolute Gasteiger partial charge is 0.246 e. The summed E-state index contributed by atoms with van der Waals surface area (Å²) in [6.45, 7) is 6.71. The Balaban J connectivity index is 1.84. The number of unbranched alkanes of at least 4 members (excludes halogenated alkanes) is 12. The van der Waals surface area contributed by atoms with E-state index in [0.29, 0.717) is 0 Å². The van der Waals surface area contributed by atoms with Gasteiger partial charge < -0.3 is 0 Å². The van der Waals surface area contributed by atoms with Crippen molar-refractivity contribution in [2.45, 2.75) is 117 Å². The minimum Gasteiger partial charge on any atom is -0.246 e. The van der Waals surface area contributed by atoms with Crippen LogP contribution in [0.1, 0.15) is 113 Å². The van der Waals surface area contributed by atoms with E-state index >= 15 is 0 Å². The fourth-order valence-electron chi connectivity index (χ4n) is 3.22. The molecule has 1 nitrogen and oxygen atoms in total. The summed E-state index contributed by atoms with van der Waals surface area (Å²) in [6.07, 6.45) is 20.9. The normalized spacial score (nSPS) is 11.3. The van der Waals surface area contributed by atoms with Crippen LogP contribution in [0.2, 0.25) is 0 Å². The van der Waals surface area contributed by atoms with Crippen molar-refractivity contribution in [3.63, 3.8) is 0 Å². The lowest BCUT2D eigenvalue weighted by atomic mass is 10.0. The van der Waals surface area contributed by atoms with Gasteiger partial charge in [0.15, 0.2) is 0 Å². The van der Waals surface area contributed by atoms with Gasteiger partial charge in [-0.3, -0.25) is 0 Å². The van der Waals surface area contributed by atoms with Gasteiger partial charge in [-0.1, -0.05) is 90.9 Å². The highest BCUT2D eigenvalue weighted by atomic mass is 32.1. The summed E-state index contributed by atoms with van der Waals surface area (Å²) in [5.74, 6) is 0. The molecule has 0 amide bonds. The monoisotopic (exact) mass is 337 g/mol. The maximum atomic E-state index is 4.74. The molecule has 0 fully saturated rings. The highest BCUT2D eigenvalue weighted by molar-refractivity contribution is 7.11. The van der Waals surface area contributed by atoms with Crippen LogP contribution in [-0.4, -0.2) is 4.98 Å². The molecular weight excluding hydrogens is 298 g/mol. The van der Waals surface area contributed by atoms with Gasteiger partial charge in [-0.15, -0.1) is 11.3 Å². The van der Waals surface area contributed by atoms with E-state index in [0.717, 1.165) is 6.42 Å². The van der Waals surface area contributed by atoms with Crippen LogP contribution in [0.25, 0.3) is 0 Å². The molecule has 0 saturated carbocycles. The van der Waals surface area contributed by atoms with E-state index in [1.165, 1.54) is 105 Å². The van der Waals surface area contributed by atoms with Crippen LogP contribution in [0.4, 0.5) is 0 Å². The molecule has 0 spiro atoms. The number of hydrogen-bond donors (Lipinski definition) is 0. The van der Waals surface area contributed by atoms with Crippen LogP contribution in [0.15, 0.2) is 0 Å². The Kier molecular flexibility index (Phi) is 12.6. The Hall–Kier alpha value is -0.370. The zero-order valence-corrected chi connectivity index (χ0v) is 16.8. The zero-order chi connectivity index (χ0) is 16.8. The first-order valence-electron chi connectivity index (χ1n) is 10.2. The predicted molar refractivity (Wildman–Crippen MR) is 106 cm³/mol. The van der Waals surface area contributed by atoms with E-state index < -0.39 is 0 Å². The van der Waals surface area contributed by atoms with Gasteiger partial charge in [0.2, 0.25) is 0 Å². The fraction of sp³-hybridized carbons (Fsp3) is 0.857. The number of aryl methyl sites for hydroxylation is 3. The van der Waals surface area contributed by atoms with Crippen molar-refractivity contribution in [3.8, 4) is 0 Å². The van der Waals surface area contributed by atoms with Gasteiger partial charge in [0.1, 0.15) is 0 Å². The van der Waals surface area contributed by atoms with Crippen LogP contribution in [-0.2, 0) is 12.8 Å². The number of aromatic nitrogens is 1. The van der Waals surface area contributed by atoms with Crippen molar-refractivity contribution in [1.82, 2.24) is 4.98 Å². The lowest BCUT2D eigenvalue weighted by Crippen LogP contribution is -1.88. The summed E-state index contributed by atoms with van der Waals surface area (Å²) in [4.78, 5) is 6.17. The first kappa shape index (κ1) is 20.7. The van der Waals surface area contributed by atoms with E-state index in [1.54, 1.807) is 0 Å². The smallest absolute Gasteiger partial charge is 0.0930 e. The topological polar surface area (TPSA) is 12.9 Å². The van der Waals surface area contributed by atoms with Gasteiger partial charge in [-0.2, -0.15) is 0 Å². The lowest BCUT2D eigenvalue weighted by Gasteiger charge is -2.02. The molecule has 1 rings (SSSR count). The highest BCUT2D eigenvalue weighted by Gasteiger charge is 2.05. The first-order valence-corrected chi connectivity index (χ1v) is 11.0. The second kappa shape index (κ2) is 14.0. The number of hydrogen-bond acceptors (Lipinski definition) is 2. The molecule has 23 heavy (non-hydrogen) atoms. The molecule has 1 heterocycles. The van der Waals surface area contributed by atoms with Crippen molar-refractivity contribution in [2.24, 2.45) is 0 Å². The molecule has 0 aromatic carbocycles. The van der Waals surface area contributed by atoms with Crippen LogP contribution in [0.3, 0.4) is 0 Å². The number of thiazole rings is 1. The van der Waals surface area contributed by atoms with Gasteiger partial charge in [0.05, 0.1) is 10.7 Å². The first-order chi connectivity index (χ1) is 11.3. The van der Waals surface area contributed by atoms with Crippen molar-refractivity contribution < 1.29 is 0 Å². The van der Waals surface area contributed by atoms with Gasteiger partial charge in [-0.25, -0.2) is 4.98 Å².